The summed E-state index contributed by atoms with van der Waals surface area (Å²) in [6.45, 7) is 5.18. The van der Waals surface area contributed by atoms with Crippen molar-refractivity contribution >= 4 is 11.5 Å². The van der Waals surface area contributed by atoms with Crippen molar-refractivity contribution in [2.24, 2.45) is 0 Å². The van der Waals surface area contributed by atoms with Gasteiger partial charge in [-0.05, 0) is 34.0 Å². The fourth-order valence-electron chi connectivity index (χ4n) is 1.01. The van der Waals surface area contributed by atoms with Crippen molar-refractivity contribution in [1.82, 2.24) is 9.88 Å². The number of nitrogen functional groups attached to an aromatic ring is 1. The number of pyridine rings is 1. The molecule has 0 radical (unpaired) electrons. The number of hydrogen-bond acceptors (Lipinski definition) is 4. The Balaban J connectivity index is 2.57. The summed E-state index contributed by atoms with van der Waals surface area (Å²) in [6.07, 6.45) is 1.71. The van der Waals surface area contributed by atoms with Crippen molar-refractivity contribution in [1.29, 1.82) is 0 Å². The first-order valence-corrected chi connectivity index (χ1v) is 5.04. The molecule has 0 fully saturated rings. The van der Waals surface area contributed by atoms with Crippen LogP contribution >= 0.6 is 0 Å². The lowest BCUT2D eigenvalue weighted by atomic mass is 10.0. The Hall–Kier alpha value is -1.29. The van der Waals surface area contributed by atoms with E-state index in [0.29, 0.717) is 0 Å². The number of likely N-dealkylation sites (N-methyl/N-ethyl adjacent to an activating group) is 1. The van der Waals surface area contributed by atoms with E-state index in [9.17, 15) is 0 Å². The van der Waals surface area contributed by atoms with Gasteiger partial charge in [0.1, 0.15) is 5.82 Å². The van der Waals surface area contributed by atoms with E-state index in [0.717, 1.165) is 18.1 Å². The summed E-state index contributed by atoms with van der Waals surface area (Å²) < 4.78 is 0. The van der Waals surface area contributed by atoms with Crippen molar-refractivity contribution in [3.8, 4) is 0 Å². The Bertz CT molecular complexity index is 320. The third kappa shape index (κ3) is 3.40. The molecule has 0 atom stereocenters. The summed E-state index contributed by atoms with van der Waals surface area (Å²) in [5, 5.41) is 3.27. The molecule has 0 unspecified atom stereocenters. The Morgan fingerprint density at radius 2 is 2.13 bits per heavy atom. The van der Waals surface area contributed by atoms with E-state index in [2.05, 4.69) is 43.1 Å². The topological polar surface area (TPSA) is 54.2 Å². The number of hydrogen-bond donors (Lipinski definition) is 2. The van der Waals surface area contributed by atoms with Crippen molar-refractivity contribution in [2.45, 2.75) is 19.4 Å². The van der Waals surface area contributed by atoms with Gasteiger partial charge in [-0.3, -0.25) is 0 Å². The Kier molecular flexibility index (Phi) is 3.52. The quantitative estimate of drug-likeness (QED) is 0.785. The predicted octanol–water partition coefficient (Wildman–Crippen LogP) is 1.42. The van der Waals surface area contributed by atoms with Crippen LogP contribution in [-0.4, -0.2) is 36.1 Å². The standard InChI is InChI=1S/C11H20N4/c1-11(2,15(3)4)8-14-10-7-9(12)5-6-13-10/h5-7H,8H2,1-4H3,(H3,12,13,14). The molecule has 1 aromatic heterocycles. The van der Waals surface area contributed by atoms with Crippen LogP contribution in [0.2, 0.25) is 0 Å². The van der Waals surface area contributed by atoms with E-state index in [-0.39, 0.29) is 5.54 Å². The van der Waals surface area contributed by atoms with E-state index in [1.54, 1.807) is 12.3 Å². The van der Waals surface area contributed by atoms with Gasteiger partial charge in [0.25, 0.3) is 0 Å². The van der Waals surface area contributed by atoms with Crippen LogP contribution in [0.1, 0.15) is 13.8 Å². The SMILES string of the molecule is CN(C)C(C)(C)CNc1cc(N)ccn1. The van der Waals surface area contributed by atoms with Crippen LogP contribution < -0.4 is 11.1 Å². The lowest BCUT2D eigenvalue weighted by Gasteiger charge is -2.32. The van der Waals surface area contributed by atoms with Gasteiger partial charge in [0, 0.05) is 30.0 Å². The van der Waals surface area contributed by atoms with E-state index in [4.69, 9.17) is 5.73 Å². The molecule has 0 spiro atoms. The van der Waals surface area contributed by atoms with E-state index in [1.807, 2.05) is 6.07 Å². The molecule has 0 aliphatic rings. The first kappa shape index (κ1) is 11.8. The minimum atomic E-state index is 0.0896. The van der Waals surface area contributed by atoms with Gasteiger partial charge >= 0.3 is 0 Å². The first-order valence-electron chi connectivity index (χ1n) is 5.04. The van der Waals surface area contributed by atoms with Gasteiger partial charge in [-0.1, -0.05) is 0 Å². The van der Waals surface area contributed by atoms with Crippen LogP contribution in [0.5, 0.6) is 0 Å². The minimum absolute atomic E-state index is 0.0896. The van der Waals surface area contributed by atoms with Crippen LogP contribution in [0, 0.1) is 0 Å². The summed E-state index contributed by atoms with van der Waals surface area (Å²) in [4.78, 5) is 6.37. The molecular weight excluding hydrogens is 188 g/mol. The molecule has 1 rings (SSSR count). The van der Waals surface area contributed by atoms with Crippen molar-refractivity contribution in [2.75, 3.05) is 31.7 Å². The molecule has 3 N–H and O–H groups in total. The zero-order valence-corrected chi connectivity index (χ0v) is 9.91. The second-order valence-corrected chi connectivity index (χ2v) is 4.53. The third-order valence-corrected chi connectivity index (χ3v) is 2.70. The van der Waals surface area contributed by atoms with Gasteiger partial charge in [0.05, 0.1) is 0 Å². The molecular formula is C11H20N4. The fraction of sp³-hybridized carbons (Fsp3) is 0.545. The highest BCUT2D eigenvalue weighted by molar-refractivity contribution is 5.48. The largest absolute Gasteiger partial charge is 0.399 e. The van der Waals surface area contributed by atoms with Gasteiger partial charge < -0.3 is 16.0 Å². The van der Waals surface area contributed by atoms with Gasteiger partial charge in [-0.2, -0.15) is 0 Å². The highest BCUT2D eigenvalue weighted by atomic mass is 15.2. The molecule has 0 aliphatic heterocycles. The van der Waals surface area contributed by atoms with Crippen LogP contribution in [0.25, 0.3) is 0 Å². The van der Waals surface area contributed by atoms with Crippen molar-refractivity contribution in [3.63, 3.8) is 0 Å². The van der Waals surface area contributed by atoms with Crippen LogP contribution in [0.4, 0.5) is 11.5 Å². The number of nitrogens with two attached hydrogens (primary N) is 1. The maximum atomic E-state index is 5.67. The highest BCUT2D eigenvalue weighted by Crippen LogP contribution is 2.13. The zero-order chi connectivity index (χ0) is 11.5. The molecule has 0 aromatic carbocycles. The van der Waals surface area contributed by atoms with Gasteiger partial charge in [-0.25, -0.2) is 4.98 Å². The molecule has 0 aliphatic carbocycles. The van der Waals surface area contributed by atoms with Crippen molar-refractivity contribution in [3.05, 3.63) is 18.3 Å². The number of rotatable bonds is 4. The second kappa shape index (κ2) is 4.49. The maximum absolute atomic E-state index is 5.67. The highest BCUT2D eigenvalue weighted by Gasteiger charge is 2.19. The Labute approximate surface area is 91.5 Å². The predicted molar refractivity (Wildman–Crippen MR) is 64.9 cm³/mol. The van der Waals surface area contributed by atoms with E-state index in [1.165, 1.54) is 0 Å². The molecule has 0 saturated heterocycles. The van der Waals surface area contributed by atoms with Crippen LogP contribution in [0.15, 0.2) is 18.3 Å². The molecule has 4 heteroatoms. The summed E-state index contributed by atoms with van der Waals surface area (Å²) in [5.74, 6) is 0.824. The number of nitrogens with zero attached hydrogens (tertiary/aromatic N) is 2. The molecule has 4 nitrogen and oxygen atoms in total. The molecule has 1 aromatic rings. The summed E-state index contributed by atoms with van der Waals surface area (Å²) in [7, 11) is 4.13. The van der Waals surface area contributed by atoms with E-state index >= 15 is 0 Å². The van der Waals surface area contributed by atoms with Gasteiger partial charge in [0.15, 0.2) is 0 Å². The molecule has 0 saturated carbocycles. The fourth-order valence-corrected chi connectivity index (χ4v) is 1.01. The van der Waals surface area contributed by atoms with Crippen LogP contribution in [0.3, 0.4) is 0 Å². The Morgan fingerprint density at radius 3 is 2.67 bits per heavy atom. The molecule has 0 amide bonds. The lowest BCUT2D eigenvalue weighted by molar-refractivity contribution is 0.210. The second-order valence-electron chi connectivity index (χ2n) is 4.53. The average molecular weight is 208 g/mol. The Morgan fingerprint density at radius 1 is 1.47 bits per heavy atom. The smallest absolute Gasteiger partial charge is 0.128 e. The molecule has 84 valence electrons. The monoisotopic (exact) mass is 208 g/mol. The molecule has 1 heterocycles. The number of nitrogens with one attached hydrogen (secondary N) is 1. The van der Waals surface area contributed by atoms with Gasteiger partial charge in [-0.15, -0.1) is 0 Å². The van der Waals surface area contributed by atoms with E-state index < -0.39 is 0 Å². The summed E-state index contributed by atoms with van der Waals surface area (Å²) in [6, 6.07) is 3.62. The third-order valence-electron chi connectivity index (χ3n) is 2.70. The zero-order valence-electron chi connectivity index (χ0n) is 9.91. The summed E-state index contributed by atoms with van der Waals surface area (Å²) in [5.41, 5.74) is 6.49. The normalized spacial score (nSPS) is 11.8. The summed E-state index contributed by atoms with van der Waals surface area (Å²) >= 11 is 0. The average Bonchev–Trinajstić information content (AvgIpc) is 2.15. The first-order chi connectivity index (χ1) is 6.92. The number of aromatic nitrogens is 1. The van der Waals surface area contributed by atoms with Crippen molar-refractivity contribution < 1.29 is 0 Å². The molecule has 15 heavy (non-hydrogen) atoms. The molecule has 0 bridgehead atoms. The van der Waals surface area contributed by atoms with Crippen LogP contribution in [-0.2, 0) is 0 Å². The lowest BCUT2D eigenvalue weighted by Crippen LogP contribution is -2.44. The number of anilines is 2. The van der Waals surface area contributed by atoms with Gasteiger partial charge in [0.2, 0.25) is 0 Å². The minimum Gasteiger partial charge on any atom is -0.399 e. The maximum Gasteiger partial charge on any atom is 0.128 e.